The Bertz CT molecular complexity index is 491. The lowest BCUT2D eigenvalue weighted by atomic mass is 9.90. The molecule has 0 bridgehead atoms. The van der Waals surface area contributed by atoms with Crippen LogP contribution in [0.1, 0.15) is 38.2 Å². The molecule has 2 amide bonds. The first kappa shape index (κ1) is 16.3. The third kappa shape index (κ3) is 4.47. The molecule has 2 aliphatic rings. The fourth-order valence-corrected chi connectivity index (χ4v) is 3.66. The second-order valence-corrected chi connectivity index (χ2v) is 6.91. The molecule has 2 aliphatic heterocycles. The van der Waals surface area contributed by atoms with Gasteiger partial charge in [-0.15, -0.1) is 0 Å². The Hall–Kier alpha value is -1.55. The highest BCUT2D eigenvalue weighted by atomic mass is 16.5. The van der Waals surface area contributed by atoms with Crippen LogP contribution < -0.4 is 5.32 Å². The van der Waals surface area contributed by atoms with Crippen molar-refractivity contribution >= 4 is 6.03 Å². The van der Waals surface area contributed by atoms with E-state index in [1.807, 2.05) is 4.90 Å². The summed E-state index contributed by atoms with van der Waals surface area (Å²) in [6.45, 7) is 4.61. The maximum atomic E-state index is 12.4. The van der Waals surface area contributed by atoms with Gasteiger partial charge in [0.1, 0.15) is 0 Å². The van der Waals surface area contributed by atoms with Crippen molar-refractivity contribution in [2.75, 3.05) is 19.7 Å². The van der Waals surface area contributed by atoms with E-state index >= 15 is 0 Å². The topological polar surface area (TPSA) is 41.6 Å². The normalized spacial score (nSPS) is 23.7. The Morgan fingerprint density at radius 2 is 2.00 bits per heavy atom. The van der Waals surface area contributed by atoms with Crippen LogP contribution in [0.4, 0.5) is 4.79 Å². The smallest absolute Gasteiger partial charge is 0.317 e. The molecule has 2 heterocycles. The van der Waals surface area contributed by atoms with Gasteiger partial charge in [0.25, 0.3) is 0 Å². The molecular weight excluding hydrogens is 288 g/mol. The first-order chi connectivity index (χ1) is 11.2. The SMILES string of the molecule is C[C@@H](NC(=O)N1CCC(Cc2ccccc2)CC1)[C@H]1CCCO1. The van der Waals surface area contributed by atoms with Gasteiger partial charge < -0.3 is 15.0 Å². The van der Waals surface area contributed by atoms with Gasteiger partial charge in [-0.1, -0.05) is 30.3 Å². The van der Waals surface area contributed by atoms with Gasteiger partial charge in [-0.3, -0.25) is 0 Å². The van der Waals surface area contributed by atoms with Crippen molar-refractivity contribution in [1.82, 2.24) is 10.2 Å². The zero-order chi connectivity index (χ0) is 16.1. The highest BCUT2D eigenvalue weighted by molar-refractivity contribution is 5.74. The molecule has 1 N–H and O–H groups in total. The van der Waals surface area contributed by atoms with Gasteiger partial charge in [0.15, 0.2) is 0 Å². The molecule has 0 saturated carbocycles. The first-order valence-electron chi connectivity index (χ1n) is 8.93. The Kier molecular flexibility index (Phi) is 5.55. The largest absolute Gasteiger partial charge is 0.376 e. The molecule has 0 spiro atoms. The summed E-state index contributed by atoms with van der Waals surface area (Å²) >= 11 is 0. The van der Waals surface area contributed by atoms with Crippen LogP contribution in [0.2, 0.25) is 0 Å². The third-order valence-electron chi connectivity index (χ3n) is 5.14. The second-order valence-electron chi connectivity index (χ2n) is 6.91. The van der Waals surface area contributed by atoms with Gasteiger partial charge >= 0.3 is 6.03 Å². The van der Waals surface area contributed by atoms with Gasteiger partial charge in [0.2, 0.25) is 0 Å². The van der Waals surface area contributed by atoms with Crippen LogP contribution in [-0.4, -0.2) is 42.8 Å². The lowest BCUT2D eigenvalue weighted by Crippen LogP contribution is -2.50. The summed E-state index contributed by atoms with van der Waals surface area (Å²) in [4.78, 5) is 14.4. The van der Waals surface area contributed by atoms with Gasteiger partial charge in [0, 0.05) is 19.7 Å². The van der Waals surface area contributed by atoms with Crippen molar-refractivity contribution in [3.63, 3.8) is 0 Å². The molecule has 3 rings (SSSR count). The van der Waals surface area contributed by atoms with Crippen LogP contribution in [0, 0.1) is 5.92 Å². The predicted octanol–water partition coefficient (Wildman–Crippen LogP) is 3.22. The van der Waals surface area contributed by atoms with Crippen LogP contribution in [0.25, 0.3) is 0 Å². The number of carbonyl (C=O) groups is 1. The molecule has 1 aromatic carbocycles. The van der Waals surface area contributed by atoms with E-state index in [1.54, 1.807) is 0 Å². The maximum Gasteiger partial charge on any atom is 0.317 e. The van der Waals surface area contributed by atoms with Crippen molar-refractivity contribution in [2.45, 2.75) is 51.2 Å². The summed E-state index contributed by atoms with van der Waals surface area (Å²) in [5.74, 6) is 0.692. The summed E-state index contributed by atoms with van der Waals surface area (Å²) in [7, 11) is 0. The summed E-state index contributed by atoms with van der Waals surface area (Å²) in [6.07, 6.45) is 5.67. The average molecular weight is 316 g/mol. The minimum atomic E-state index is 0.0751. The van der Waals surface area contributed by atoms with Crippen molar-refractivity contribution in [3.8, 4) is 0 Å². The molecule has 2 atom stereocenters. The summed E-state index contributed by atoms with van der Waals surface area (Å²) < 4.78 is 5.65. The Morgan fingerprint density at radius 1 is 1.26 bits per heavy atom. The van der Waals surface area contributed by atoms with Crippen molar-refractivity contribution in [3.05, 3.63) is 35.9 Å². The molecular formula is C19H28N2O2. The number of urea groups is 1. The number of piperidine rings is 1. The number of ether oxygens (including phenoxy) is 1. The lowest BCUT2D eigenvalue weighted by molar-refractivity contribution is 0.0819. The van der Waals surface area contributed by atoms with Crippen molar-refractivity contribution < 1.29 is 9.53 Å². The number of hydrogen-bond donors (Lipinski definition) is 1. The minimum absolute atomic E-state index is 0.0751. The molecule has 0 aromatic heterocycles. The van der Waals surface area contributed by atoms with E-state index < -0.39 is 0 Å². The van der Waals surface area contributed by atoms with E-state index in [0.29, 0.717) is 5.92 Å². The standard InChI is InChI=1S/C19H28N2O2/c1-15(18-8-5-13-23-18)20-19(22)21-11-9-17(10-12-21)14-16-6-3-2-4-7-16/h2-4,6-7,15,17-18H,5,8-14H2,1H3,(H,20,22)/t15-,18-/m1/s1. The van der Waals surface area contributed by atoms with E-state index in [-0.39, 0.29) is 18.2 Å². The predicted molar refractivity (Wildman–Crippen MR) is 91.4 cm³/mol. The lowest BCUT2D eigenvalue weighted by Gasteiger charge is -2.33. The van der Waals surface area contributed by atoms with Crippen LogP contribution in [0.3, 0.4) is 0 Å². The van der Waals surface area contributed by atoms with E-state index in [9.17, 15) is 4.79 Å². The summed E-state index contributed by atoms with van der Waals surface area (Å²) in [5.41, 5.74) is 1.41. The van der Waals surface area contributed by atoms with Crippen LogP contribution in [-0.2, 0) is 11.2 Å². The quantitative estimate of drug-likeness (QED) is 0.926. The number of nitrogens with zero attached hydrogens (tertiary/aromatic N) is 1. The van der Waals surface area contributed by atoms with Crippen LogP contribution in [0.15, 0.2) is 30.3 Å². The molecule has 1 aromatic rings. The van der Waals surface area contributed by atoms with Crippen LogP contribution >= 0.6 is 0 Å². The monoisotopic (exact) mass is 316 g/mol. The maximum absolute atomic E-state index is 12.4. The van der Waals surface area contributed by atoms with E-state index in [2.05, 4.69) is 42.6 Å². The number of carbonyl (C=O) groups excluding carboxylic acids is 1. The fraction of sp³-hybridized carbons (Fsp3) is 0.632. The molecule has 0 radical (unpaired) electrons. The fourth-order valence-electron chi connectivity index (χ4n) is 3.66. The van der Waals surface area contributed by atoms with Gasteiger partial charge in [-0.25, -0.2) is 4.79 Å². The van der Waals surface area contributed by atoms with Crippen LogP contribution in [0.5, 0.6) is 0 Å². The van der Waals surface area contributed by atoms with Crippen molar-refractivity contribution in [2.24, 2.45) is 5.92 Å². The molecule has 0 unspecified atom stereocenters. The Labute approximate surface area is 139 Å². The van der Waals surface area contributed by atoms with E-state index in [0.717, 1.165) is 51.8 Å². The van der Waals surface area contributed by atoms with Gasteiger partial charge in [0.05, 0.1) is 12.1 Å². The van der Waals surface area contributed by atoms with E-state index in [4.69, 9.17) is 4.74 Å². The number of hydrogen-bond acceptors (Lipinski definition) is 2. The highest BCUT2D eigenvalue weighted by Gasteiger charge is 2.27. The number of nitrogens with one attached hydrogen (secondary N) is 1. The summed E-state index contributed by atoms with van der Waals surface area (Å²) in [5, 5.41) is 3.12. The molecule has 4 nitrogen and oxygen atoms in total. The summed E-state index contributed by atoms with van der Waals surface area (Å²) in [6, 6.07) is 10.8. The highest BCUT2D eigenvalue weighted by Crippen LogP contribution is 2.22. The minimum Gasteiger partial charge on any atom is -0.376 e. The second kappa shape index (κ2) is 7.82. The number of likely N-dealkylation sites (tertiary alicyclic amines) is 1. The Morgan fingerprint density at radius 3 is 2.65 bits per heavy atom. The third-order valence-corrected chi connectivity index (χ3v) is 5.14. The molecule has 23 heavy (non-hydrogen) atoms. The zero-order valence-corrected chi connectivity index (χ0v) is 14.0. The van der Waals surface area contributed by atoms with Crippen molar-refractivity contribution in [1.29, 1.82) is 0 Å². The van der Waals surface area contributed by atoms with E-state index in [1.165, 1.54) is 5.56 Å². The zero-order valence-electron chi connectivity index (χ0n) is 14.0. The Balaban J connectivity index is 1.42. The number of benzene rings is 1. The molecule has 2 saturated heterocycles. The number of amides is 2. The number of rotatable bonds is 4. The molecule has 0 aliphatic carbocycles. The van der Waals surface area contributed by atoms with Gasteiger partial charge in [-0.2, -0.15) is 0 Å². The average Bonchev–Trinajstić information content (AvgIpc) is 3.11. The first-order valence-corrected chi connectivity index (χ1v) is 8.93. The molecule has 2 fully saturated rings. The molecule has 126 valence electrons. The molecule has 4 heteroatoms. The van der Waals surface area contributed by atoms with Gasteiger partial charge in [-0.05, 0) is 50.5 Å².